The topological polar surface area (TPSA) is 61.5 Å². The van der Waals surface area contributed by atoms with Crippen molar-refractivity contribution < 1.29 is 4.84 Å². The Balaban J connectivity index is 3.39. The van der Waals surface area contributed by atoms with Crippen molar-refractivity contribution in [2.45, 2.75) is 19.6 Å². The van der Waals surface area contributed by atoms with Crippen LogP contribution in [0, 0.1) is 5.21 Å². The van der Waals surface area contributed by atoms with Crippen molar-refractivity contribution in [2.75, 3.05) is 7.05 Å². The Hall–Kier alpha value is -0.160. The van der Waals surface area contributed by atoms with E-state index in [0.717, 1.165) is 0 Å². The van der Waals surface area contributed by atoms with E-state index in [1.54, 1.807) is 13.8 Å². The number of hydroxylamine groups is 2. The van der Waals surface area contributed by atoms with Crippen LogP contribution in [0.2, 0.25) is 0 Å². The molecule has 0 aromatic rings. The van der Waals surface area contributed by atoms with Crippen LogP contribution in [-0.4, -0.2) is 18.0 Å². The Labute approximate surface area is 48.7 Å². The molecule has 4 nitrogen and oxygen atoms in total. The maximum absolute atomic E-state index is 10.1. The maximum Gasteiger partial charge on any atom is 0.131 e. The van der Waals surface area contributed by atoms with Gasteiger partial charge in [-0.1, -0.05) is 0 Å². The smallest absolute Gasteiger partial charge is 0.131 e. The van der Waals surface area contributed by atoms with Crippen LogP contribution in [0.25, 0.3) is 0 Å². The first-order valence-corrected chi connectivity index (χ1v) is 2.31. The quantitative estimate of drug-likeness (QED) is 0.412. The van der Waals surface area contributed by atoms with Gasteiger partial charge >= 0.3 is 0 Å². The Morgan fingerprint density at radius 2 is 2.00 bits per heavy atom. The fraction of sp³-hybridized carbons (Fsp3) is 1.00. The molecule has 50 valence electrons. The summed E-state index contributed by atoms with van der Waals surface area (Å²) >= 11 is 0. The monoisotopic (exact) mass is 119 g/mol. The molecule has 0 atom stereocenters. The first kappa shape index (κ1) is 7.84. The molecule has 0 saturated heterocycles. The minimum absolute atomic E-state index is 0.333. The average Bonchev–Trinajstić information content (AvgIpc) is 1.21. The summed E-state index contributed by atoms with van der Waals surface area (Å²) < 4.78 is 0. The third-order valence-corrected chi connectivity index (χ3v) is 0.364. The summed E-state index contributed by atoms with van der Waals surface area (Å²) in [5, 5.41) is 10.4. The van der Waals surface area contributed by atoms with Crippen molar-refractivity contribution in [3.05, 3.63) is 5.21 Å². The molecule has 0 saturated carbocycles. The number of nitrogens with zero attached hydrogens (tertiary/aromatic N) is 1. The molecule has 0 unspecified atom stereocenters. The number of hydrogen-bond donors (Lipinski definition) is 1. The van der Waals surface area contributed by atoms with Gasteiger partial charge in [-0.3, -0.25) is 10.1 Å². The van der Waals surface area contributed by atoms with E-state index >= 15 is 0 Å². The molecule has 0 fully saturated rings. The summed E-state index contributed by atoms with van der Waals surface area (Å²) in [6.07, 6.45) is 0. The molecule has 0 aliphatic carbocycles. The third-order valence-electron chi connectivity index (χ3n) is 0.364. The van der Waals surface area contributed by atoms with Crippen LogP contribution in [0.4, 0.5) is 0 Å². The SMILES string of the molecule is CN([O-])OC(C)(C)N. The van der Waals surface area contributed by atoms with Crippen LogP contribution in [0.5, 0.6) is 0 Å². The molecule has 8 heavy (non-hydrogen) atoms. The Morgan fingerprint density at radius 1 is 1.62 bits per heavy atom. The lowest BCUT2D eigenvalue weighted by molar-refractivity contribution is -0.189. The van der Waals surface area contributed by atoms with Crippen molar-refractivity contribution in [2.24, 2.45) is 5.73 Å². The molecule has 0 radical (unpaired) electrons. The summed E-state index contributed by atoms with van der Waals surface area (Å²) in [7, 11) is 1.24. The number of hydrogen-bond acceptors (Lipinski definition) is 4. The lowest BCUT2D eigenvalue weighted by atomic mass is 10.3. The first-order chi connectivity index (χ1) is 3.42. The molecule has 0 bridgehead atoms. The highest BCUT2D eigenvalue weighted by Gasteiger charge is 2.09. The predicted molar refractivity (Wildman–Crippen MR) is 30.5 cm³/mol. The second-order valence-corrected chi connectivity index (χ2v) is 2.13. The van der Waals surface area contributed by atoms with Crippen LogP contribution in [0.1, 0.15) is 13.8 Å². The maximum atomic E-state index is 10.1. The van der Waals surface area contributed by atoms with E-state index in [4.69, 9.17) is 5.73 Å². The third kappa shape index (κ3) is 5.84. The van der Waals surface area contributed by atoms with Gasteiger partial charge in [0.2, 0.25) is 0 Å². The van der Waals surface area contributed by atoms with Crippen molar-refractivity contribution >= 4 is 0 Å². The van der Waals surface area contributed by atoms with E-state index < -0.39 is 5.72 Å². The minimum atomic E-state index is -0.865. The lowest BCUT2D eigenvalue weighted by Crippen LogP contribution is -2.39. The Kier molecular flexibility index (Phi) is 2.36. The van der Waals surface area contributed by atoms with Crippen LogP contribution >= 0.6 is 0 Å². The van der Waals surface area contributed by atoms with Crippen LogP contribution < -0.4 is 5.73 Å². The largest absolute Gasteiger partial charge is 0.762 e. The molecule has 0 rings (SSSR count). The van der Waals surface area contributed by atoms with Crippen LogP contribution in [0.3, 0.4) is 0 Å². The van der Waals surface area contributed by atoms with Gasteiger partial charge < -0.3 is 10.9 Å². The molecular weight excluding hydrogens is 108 g/mol. The summed E-state index contributed by atoms with van der Waals surface area (Å²) in [6, 6.07) is 0. The highest BCUT2D eigenvalue weighted by atomic mass is 16.9. The summed E-state index contributed by atoms with van der Waals surface area (Å²) in [4.78, 5) is 4.49. The molecule has 0 spiro atoms. The van der Waals surface area contributed by atoms with E-state index in [-0.39, 0.29) is 0 Å². The van der Waals surface area contributed by atoms with Crippen LogP contribution in [-0.2, 0) is 4.84 Å². The molecule has 0 aromatic carbocycles. The van der Waals surface area contributed by atoms with Crippen LogP contribution in [0.15, 0.2) is 0 Å². The van der Waals surface area contributed by atoms with E-state index in [0.29, 0.717) is 5.23 Å². The summed E-state index contributed by atoms with van der Waals surface area (Å²) in [5.41, 5.74) is 4.41. The molecular formula is C4H11N2O2-. The van der Waals surface area contributed by atoms with Crippen molar-refractivity contribution in [1.82, 2.24) is 5.23 Å². The standard InChI is InChI=1S/C4H11N2O2/c1-4(2,5)8-6(3)7/h5H2,1-3H3/q-1. The van der Waals surface area contributed by atoms with Gasteiger partial charge in [0.25, 0.3) is 0 Å². The van der Waals surface area contributed by atoms with E-state index in [1.807, 2.05) is 0 Å². The molecule has 0 aliphatic heterocycles. The van der Waals surface area contributed by atoms with Crippen molar-refractivity contribution in [3.8, 4) is 0 Å². The zero-order valence-corrected chi connectivity index (χ0v) is 5.34. The number of nitrogens with two attached hydrogens (primary N) is 1. The molecule has 0 amide bonds. The summed E-state index contributed by atoms with van der Waals surface area (Å²) in [6.45, 7) is 3.20. The van der Waals surface area contributed by atoms with Gasteiger partial charge in [0.15, 0.2) is 0 Å². The molecule has 0 aliphatic rings. The zero-order chi connectivity index (χ0) is 6.78. The summed E-state index contributed by atoms with van der Waals surface area (Å²) in [5.74, 6) is 0. The van der Waals surface area contributed by atoms with Gasteiger partial charge in [0.1, 0.15) is 5.72 Å². The van der Waals surface area contributed by atoms with Gasteiger partial charge in [0.05, 0.1) is 0 Å². The predicted octanol–water partition coefficient (Wildman–Crippen LogP) is 0.0424. The molecule has 0 aromatic heterocycles. The average molecular weight is 119 g/mol. The highest BCUT2D eigenvalue weighted by Crippen LogP contribution is 1.99. The fourth-order valence-corrected chi connectivity index (χ4v) is 0.331. The molecule has 4 heteroatoms. The van der Waals surface area contributed by atoms with Gasteiger partial charge in [0, 0.05) is 0 Å². The second-order valence-electron chi connectivity index (χ2n) is 2.13. The van der Waals surface area contributed by atoms with Crippen molar-refractivity contribution in [3.63, 3.8) is 0 Å². The molecule has 2 N–H and O–H groups in total. The van der Waals surface area contributed by atoms with Gasteiger partial charge in [-0.25, -0.2) is 0 Å². The highest BCUT2D eigenvalue weighted by molar-refractivity contribution is 4.54. The van der Waals surface area contributed by atoms with E-state index in [9.17, 15) is 5.21 Å². The normalized spacial score (nSPS) is 12.8. The Bertz CT molecular complexity index is 66.9. The number of rotatable bonds is 2. The van der Waals surface area contributed by atoms with E-state index in [1.165, 1.54) is 7.05 Å². The second kappa shape index (κ2) is 2.41. The fourth-order valence-electron chi connectivity index (χ4n) is 0.331. The first-order valence-electron chi connectivity index (χ1n) is 2.31. The minimum Gasteiger partial charge on any atom is -0.762 e. The molecule has 0 heterocycles. The van der Waals surface area contributed by atoms with Crippen molar-refractivity contribution in [1.29, 1.82) is 0 Å². The van der Waals surface area contributed by atoms with Gasteiger partial charge in [-0.05, 0) is 20.9 Å². The van der Waals surface area contributed by atoms with E-state index in [2.05, 4.69) is 4.84 Å². The zero-order valence-electron chi connectivity index (χ0n) is 5.34. The Morgan fingerprint density at radius 3 is 2.00 bits per heavy atom. The van der Waals surface area contributed by atoms with Gasteiger partial charge in [-0.2, -0.15) is 0 Å². The lowest BCUT2D eigenvalue weighted by Gasteiger charge is -2.30. The van der Waals surface area contributed by atoms with Gasteiger partial charge in [-0.15, -0.1) is 0 Å².